The summed E-state index contributed by atoms with van der Waals surface area (Å²) in [5, 5.41) is 15.8. The third-order valence-corrected chi connectivity index (χ3v) is 5.49. The molecule has 0 aromatic heterocycles. The lowest BCUT2D eigenvalue weighted by molar-refractivity contribution is 0.0294. The van der Waals surface area contributed by atoms with Gasteiger partial charge in [-0.2, -0.15) is 0 Å². The third-order valence-electron chi connectivity index (χ3n) is 4.60. The fraction of sp³-hybridized carbons (Fsp3) is 0.227. The van der Waals surface area contributed by atoms with E-state index < -0.39 is 5.72 Å². The minimum atomic E-state index is -1.32. The highest BCUT2D eigenvalue weighted by molar-refractivity contribution is 8.14. The minimum absolute atomic E-state index is 0.364. The number of rotatable bonds is 3. The number of amidine groups is 1. The van der Waals surface area contributed by atoms with Crippen molar-refractivity contribution in [2.24, 2.45) is 4.99 Å². The lowest BCUT2D eigenvalue weighted by Gasteiger charge is -2.38. The zero-order valence-corrected chi connectivity index (χ0v) is 15.8. The largest absolute Gasteiger partial charge is 0.372 e. The summed E-state index contributed by atoms with van der Waals surface area (Å²) in [6, 6.07) is 20.0. The quantitative estimate of drug-likeness (QED) is 0.802. The lowest BCUT2D eigenvalue weighted by atomic mass is 9.89. The van der Waals surface area contributed by atoms with E-state index in [0.717, 1.165) is 39.7 Å². The molecule has 0 unspecified atom stereocenters. The van der Waals surface area contributed by atoms with Crippen molar-refractivity contribution in [1.82, 2.24) is 5.32 Å². The molecule has 0 radical (unpaired) electrons. The summed E-state index contributed by atoms with van der Waals surface area (Å²) >= 11 is 1.63. The second-order valence-corrected chi connectivity index (χ2v) is 7.61. The van der Waals surface area contributed by atoms with Crippen molar-refractivity contribution in [3.63, 3.8) is 0 Å². The van der Waals surface area contributed by atoms with Crippen LogP contribution in [0.5, 0.6) is 0 Å². The van der Waals surface area contributed by atoms with Gasteiger partial charge in [-0.05, 0) is 23.3 Å². The molecule has 2 aromatic rings. The molecule has 5 heteroatoms. The Bertz CT molecular complexity index is 818. The van der Waals surface area contributed by atoms with Crippen molar-refractivity contribution in [3.05, 3.63) is 82.9 Å². The van der Waals surface area contributed by atoms with Crippen molar-refractivity contribution in [2.45, 2.75) is 5.72 Å². The predicted molar refractivity (Wildman–Crippen MR) is 113 cm³/mol. The first-order valence-corrected chi connectivity index (χ1v) is 10.0. The Kier molecular flexibility index (Phi) is 5.43. The number of nitrogens with one attached hydrogen (secondary N) is 1. The second-order valence-electron chi connectivity index (χ2n) is 6.52. The summed E-state index contributed by atoms with van der Waals surface area (Å²) in [4.78, 5) is 4.47. The Morgan fingerprint density at radius 1 is 0.926 bits per heavy atom. The summed E-state index contributed by atoms with van der Waals surface area (Å²) in [6.45, 7) is 1.50. The topological polar surface area (TPSA) is 53.8 Å². The fourth-order valence-electron chi connectivity index (χ4n) is 3.21. The van der Waals surface area contributed by atoms with Crippen LogP contribution in [0.2, 0.25) is 0 Å². The van der Waals surface area contributed by atoms with E-state index in [4.69, 9.17) is 4.74 Å². The molecule has 2 aliphatic rings. The maximum absolute atomic E-state index is 11.8. The molecule has 0 atom stereocenters. The van der Waals surface area contributed by atoms with E-state index in [2.05, 4.69) is 10.3 Å². The molecule has 0 saturated carbocycles. The van der Waals surface area contributed by atoms with Gasteiger partial charge in [-0.1, -0.05) is 72.4 Å². The number of nitrogens with zero attached hydrogens (tertiary/aromatic N) is 1. The van der Waals surface area contributed by atoms with Gasteiger partial charge in [-0.15, -0.1) is 0 Å². The number of thioether (sulfide) groups is 1. The summed E-state index contributed by atoms with van der Waals surface area (Å²) in [5.74, 6) is 0.935. The van der Waals surface area contributed by atoms with Crippen LogP contribution in [0, 0.1) is 0 Å². The summed E-state index contributed by atoms with van der Waals surface area (Å²) in [7, 11) is 0. The predicted octanol–water partition coefficient (Wildman–Crippen LogP) is 3.56. The maximum Gasteiger partial charge on any atom is 0.187 e. The standard InChI is InChI=1S/C22H22N2O2S/c25-22(24-21-23-11-12-27-21)19(13-17-7-3-1-4-8-17)15-26-16-20(22)14-18-9-5-2-6-10-18/h1-10,13-14,25H,11-12,15-16H2,(H,23,24). The molecule has 1 saturated heterocycles. The average Bonchev–Trinajstić information content (AvgIpc) is 3.20. The van der Waals surface area contributed by atoms with E-state index in [1.54, 1.807) is 11.8 Å². The van der Waals surface area contributed by atoms with Gasteiger partial charge >= 0.3 is 0 Å². The number of ether oxygens (including phenoxy) is 1. The van der Waals surface area contributed by atoms with Crippen LogP contribution < -0.4 is 5.32 Å². The molecular formula is C22H22N2O2S. The lowest BCUT2D eigenvalue weighted by Crippen LogP contribution is -2.54. The molecule has 1 fully saturated rings. The van der Waals surface area contributed by atoms with Crippen molar-refractivity contribution < 1.29 is 9.84 Å². The van der Waals surface area contributed by atoms with Gasteiger partial charge in [0.05, 0.1) is 19.8 Å². The van der Waals surface area contributed by atoms with Crippen LogP contribution in [0.25, 0.3) is 12.2 Å². The fourth-order valence-corrected chi connectivity index (χ4v) is 3.98. The molecule has 27 heavy (non-hydrogen) atoms. The van der Waals surface area contributed by atoms with Gasteiger partial charge in [-0.25, -0.2) is 0 Å². The zero-order chi connectivity index (χ0) is 18.5. The smallest absolute Gasteiger partial charge is 0.187 e. The van der Waals surface area contributed by atoms with E-state index in [9.17, 15) is 5.11 Å². The van der Waals surface area contributed by atoms with Crippen LogP contribution in [-0.2, 0) is 4.74 Å². The highest BCUT2D eigenvalue weighted by atomic mass is 32.2. The molecule has 138 valence electrons. The van der Waals surface area contributed by atoms with E-state index in [1.165, 1.54) is 0 Å². The normalized spacial score (nSPS) is 25.6. The Morgan fingerprint density at radius 2 is 1.48 bits per heavy atom. The molecule has 4 rings (SSSR count). The molecule has 2 aliphatic heterocycles. The minimum Gasteiger partial charge on any atom is -0.372 e. The SMILES string of the molecule is OC1(NC2=NCCS2)C(=Cc2ccccc2)COCC1=Cc1ccccc1. The molecule has 2 heterocycles. The number of aliphatic imine (C=N–C) groups is 1. The highest BCUT2D eigenvalue weighted by Crippen LogP contribution is 2.33. The van der Waals surface area contributed by atoms with Gasteiger partial charge in [0.15, 0.2) is 10.9 Å². The zero-order valence-electron chi connectivity index (χ0n) is 15.0. The van der Waals surface area contributed by atoms with Gasteiger partial charge in [0.25, 0.3) is 0 Å². The van der Waals surface area contributed by atoms with Crippen molar-refractivity contribution >= 4 is 29.1 Å². The molecule has 0 bridgehead atoms. The second kappa shape index (κ2) is 8.13. The third kappa shape index (κ3) is 4.16. The monoisotopic (exact) mass is 378 g/mol. The molecule has 0 spiro atoms. The molecular weight excluding hydrogens is 356 g/mol. The van der Waals surface area contributed by atoms with Crippen LogP contribution in [0.15, 0.2) is 76.8 Å². The van der Waals surface area contributed by atoms with Gasteiger partial charge < -0.3 is 15.2 Å². The van der Waals surface area contributed by atoms with Gasteiger partial charge in [0.1, 0.15) is 0 Å². The summed E-state index contributed by atoms with van der Waals surface area (Å²) in [5.41, 5.74) is 2.28. The number of hydrogen-bond donors (Lipinski definition) is 2. The molecule has 2 aromatic carbocycles. The van der Waals surface area contributed by atoms with Crippen molar-refractivity contribution in [3.8, 4) is 0 Å². The summed E-state index contributed by atoms with van der Waals surface area (Å²) in [6.07, 6.45) is 3.98. The molecule has 2 N–H and O–H groups in total. The van der Waals surface area contributed by atoms with E-state index in [1.807, 2.05) is 72.8 Å². The Labute approximate surface area is 163 Å². The maximum atomic E-state index is 11.8. The van der Waals surface area contributed by atoms with Gasteiger partial charge in [-0.3, -0.25) is 4.99 Å². The van der Waals surface area contributed by atoms with Crippen LogP contribution in [0.3, 0.4) is 0 Å². The number of aliphatic hydroxyl groups is 1. The average molecular weight is 378 g/mol. The van der Waals surface area contributed by atoms with Crippen LogP contribution in [0.1, 0.15) is 11.1 Å². The number of benzene rings is 2. The van der Waals surface area contributed by atoms with Crippen LogP contribution >= 0.6 is 11.8 Å². The van der Waals surface area contributed by atoms with Crippen LogP contribution in [-0.4, -0.2) is 41.5 Å². The van der Waals surface area contributed by atoms with Gasteiger partial charge in [0, 0.05) is 16.9 Å². The molecule has 0 amide bonds. The van der Waals surface area contributed by atoms with E-state index >= 15 is 0 Å². The van der Waals surface area contributed by atoms with Crippen molar-refractivity contribution in [2.75, 3.05) is 25.5 Å². The molecule has 4 nitrogen and oxygen atoms in total. The summed E-state index contributed by atoms with van der Waals surface area (Å²) < 4.78 is 5.82. The van der Waals surface area contributed by atoms with E-state index in [-0.39, 0.29) is 0 Å². The van der Waals surface area contributed by atoms with E-state index in [0.29, 0.717) is 13.2 Å². The first kappa shape index (κ1) is 18.0. The Hall–Kier alpha value is -2.34. The highest BCUT2D eigenvalue weighted by Gasteiger charge is 2.40. The van der Waals surface area contributed by atoms with Crippen molar-refractivity contribution in [1.29, 1.82) is 0 Å². The van der Waals surface area contributed by atoms with Gasteiger partial charge in [0.2, 0.25) is 0 Å². The Balaban J connectivity index is 1.75. The number of hydrogen-bond acceptors (Lipinski definition) is 5. The van der Waals surface area contributed by atoms with Crippen LogP contribution in [0.4, 0.5) is 0 Å². The Morgan fingerprint density at radius 3 is 1.96 bits per heavy atom. The first-order valence-electron chi connectivity index (χ1n) is 9.02. The first-order chi connectivity index (χ1) is 13.2. The molecule has 0 aliphatic carbocycles.